The van der Waals surface area contributed by atoms with Crippen molar-refractivity contribution in [2.75, 3.05) is 26.2 Å². The maximum atomic E-state index is 13.4. The number of imide groups is 1. The summed E-state index contributed by atoms with van der Waals surface area (Å²) in [6.45, 7) is 9.10. The smallest absolute Gasteiger partial charge is 0.277 e. The molecule has 3 aliphatic rings. The van der Waals surface area contributed by atoms with Crippen molar-refractivity contribution in [3.05, 3.63) is 40.6 Å². The van der Waals surface area contributed by atoms with Crippen LogP contribution in [0.1, 0.15) is 49.3 Å². The molecule has 3 heterocycles. The van der Waals surface area contributed by atoms with E-state index in [2.05, 4.69) is 18.7 Å². The van der Waals surface area contributed by atoms with Gasteiger partial charge in [-0.2, -0.15) is 0 Å². The van der Waals surface area contributed by atoms with Gasteiger partial charge in [0.25, 0.3) is 11.8 Å². The van der Waals surface area contributed by atoms with Crippen molar-refractivity contribution in [2.24, 2.45) is 5.92 Å². The molecule has 0 radical (unpaired) electrons. The van der Waals surface area contributed by atoms with Crippen LogP contribution in [0.25, 0.3) is 5.57 Å². The molecule has 1 atom stereocenters. The second kappa shape index (κ2) is 7.70. The van der Waals surface area contributed by atoms with Gasteiger partial charge in [0.2, 0.25) is 0 Å². The number of hydrogen-bond acceptors (Lipinski definition) is 4. The third-order valence-electron chi connectivity index (χ3n) is 6.45. The van der Waals surface area contributed by atoms with Crippen LogP contribution in [0.15, 0.2) is 23.9 Å². The lowest BCUT2D eigenvalue weighted by Crippen LogP contribution is -2.41. The van der Waals surface area contributed by atoms with Crippen LogP contribution < -0.4 is 0 Å². The van der Waals surface area contributed by atoms with Crippen LogP contribution in [0.3, 0.4) is 0 Å². The lowest BCUT2D eigenvalue weighted by Gasteiger charge is -2.33. The highest BCUT2D eigenvalue weighted by Crippen LogP contribution is 2.35. The molecule has 5 heteroatoms. The number of piperidine rings is 1. The summed E-state index contributed by atoms with van der Waals surface area (Å²) in [5, 5.41) is 0. The average molecular weight is 383 g/mol. The van der Waals surface area contributed by atoms with E-state index in [1.54, 1.807) is 0 Å². The molecule has 150 valence electrons. The molecule has 3 aliphatic heterocycles. The van der Waals surface area contributed by atoms with E-state index in [1.165, 1.54) is 10.5 Å². The van der Waals surface area contributed by atoms with Crippen molar-refractivity contribution in [1.29, 1.82) is 0 Å². The fourth-order valence-electron chi connectivity index (χ4n) is 4.40. The van der Waals surface area contributed by atoms with Gasteiger partial charge in [-0.3, -0.25) is 14.5 Å². The summed E-state index contributed by atoms with van der Waals surface area (Å²) in [5.41, 5.74) is 4.34. The van der Waals surface area contributed by atoms with Gasteiger partial charge < -0.3 is 9.64 Å². The lowest BCUT2D eigenvalue weighted by atomic mass is 9.96. The molecule has 0 aliphatic carbocycles. The number of ether oxygens (including phenoxy) is 1. The summed E-state index contributed by atoms with van der Waals surface area (Å²) in [5.74, 6) is 0.345. The number of benzene rings is 1. The van der Waals surface area contributed by atoms with Crippen LogP contribution in [0.5, 0.6) is 0 Å². The second-order valence-corrected chi connectivity index (χ2v) is 8.55. The van der Waals surface area contributed by atoms with Gasteiger partial charge in [0.1, 0.15) is 5.70 Å². The monoisotopic (exact) mass is 382 g/mol. The van der Waals surface area contributed by atoms with E-state index in [-0.39, 0.29) is 17.9 Å². The summed E-state index contributed by atoms with van der Waals surface area (Å²) in [7, 11) is 0. The Kier molecular flexibility index (Phi) is 5.28. The van der Waals surface area contributed by atoms with E-state index >= 15 is 0 Å². The quantitative estimate of drug-likeness (QED) is 0.750. The summed E-state index contributed by atoms with van der Waals surface area (Å²) in [4.78, 5) is 30.3. The maximum absolute atomic E-state index is 13.4. The van der Waals surface area contributed by atoms with Crippen molar-refractivity contribution in [1.82, 2.24) is 9.80 Å². The first-order valence-corrected chi connectivity index (χ1v) is 10.5. The first kappa shape index (κ1) is 19.2. The highest BCUT2D eigenvalue weighted by atomic mass is 16.5. The van der Waals surface area contributed by atoms with Crippen LogP contribution in [0, 0.1) is 19.8 Å². The standard InChI is InChI=1S/C23H30N2O3/c1-15-8-10-24(11-9-15)21-20(18-7-6-16(2)17(3)13-18)22(26)25(23(21)27)14-19-5-4-12-28-19/h6-7,13,15,19H,4-5,8-12,14H2,1-3H3. The fraction of sp³-hybridized carbons (Fsp3) is 0.565. The predicted octanol–water partition coefficient (Wildman–Crippen LogP) is 3.29. The summed E-state index contributed by atoms with van der Waals surface area (Å²) >= 11 is 0. The normalized spacial score (nSPS) is 24.0. The van der Waals surface area contributed by atoms with E-state index in [1.807, 2.05) is 25.1 Å². The summed E-state index contributed by atoms with van der Waals surface area (Å²) < 4.78 is 5.70. The molecule has 2 saturated heterocycles. The van der Waals surface area contributed by atoms with Crippen LogP contribution in [-0.2, 0) is 14.3 Å². The summed E-state index contributed by atoms with van der Waals surface area (Å²) in [6.07, 6.45) is 3.98. The Morgan fingerprint density at radius 3 is 2.43 bits per heavy atom. The Balaban J connectivity index is 1.71. The highest BCUT2D eigenvalue weighted by molar-refractivity contribution is 6.35. The van der Waals surface area contributed by atoms with Gasteiger partial charge in [0.05, 0.1) is 18.2 Å². The van der Waals surface area contributed by atoms with E-state index in [4.69, 9.17) is 4.74 Å². The minimum absolute atomic E-state index is 0.0327. The zero-order chi connectivity index (χ0) is 19.8. The number of carbonyl (C=O) groups excluding carboxylic acids is 2. The number of likely N-dealkylation sites (tertiary alicyclic amines) is 1. The van der Waals surface area contributed by atoms with E-state index < -0.39 is 0 Å². The number of rotatable bonds is 4. The van der Waals surface area contributed by atoms with Gasteiger partial charge >= 0.3 is 0 Å². The minimum Gasteiger partial charge on any atom is -0.376 e. The Labute approximate surface area is 167 Å². The number of amides is 2. The SMILES string of the molecule is Cc1ccc(C2=C(N3CCC(C)CC3)C(=O)N(CC3CCCO3)C2=O)cc1C. The Hall–Kier alpha value is -2.14. The Morgan fingerprint density at radius 1 is 1.04 bits per heavy atom. The van der Waals surface area contributed by atoms with Crippen molar-refractivity contribution in [2.45, 2.75) is 52.6 Å². The molecule has 5 nitrogen and oxygen atoms in total. The first-order valence-electron chi connectivity index (χ1n) is 10.5. The van der Waals surface area contributed by atoms with E-state index in [0.717, 1.165) is 56.5 Å². The molecule has 2 fully saturated rings. The maximum Gasteiger partial charge on any atom is 0.277 e. The van der Waals surface area contributed by atoms with Crippen molar-refractivity contribution < 1.29 is 14.3 Å². The van der Waals surface area contributed by atoms with Gasteiger partial charge in [0, 0.05) is 19.7 Å². The molecule has 0 bridgehead atoms. The molecule has 1 aromatic rings. The van der Waals surface area contributed by atoms with Gasteiger partial charge in [-0.25, -0.2) is 0 Å². The Bertz CT molecular complexity index is 815. The van der Waals surface area contributed by atoms with Crippen molar-refractivity contribution >= 4 is 17.4 Å². The number of hydrogen-bond donors (Lipinski definition) is 0. The lowest BCUT2D eigenvalue weighted by molar-refractivity contribution is -0.139. The van der Waals surface area contributed by atoms with Gasteiger partial charge in [-0.05, 0) is 62.1 Å². The molecule has 0 N–H and O–H groups in total. The third kappa shape index (κ3) is 3.48. The van der Waals surface area contributed by atoms with Crippen molar-refractivity contribution in [3.8, 4) is 0 Å². The van der Waals surface area contributed by atoms with Gasteiger partial charge in [0.15, 0.2) is 0 Å². The number of aryl methyl sites for hydroxylation is 2. The molecular formula is C23H30N2O3. The molecule has 0 saturated carbocycles. The average Bonchev–Trinajstić information content (AvgIpc) is 3.27. The third-order valence-corrected chi connectivity index (χ3v) is 6.45. The van der Waals surface area contributed by atoms with Crippen LogP contribution in [0.4, 0.5) is 0 Å². The van der Waals surface area contributed by atoms with Gasteiger partial charge in [-0.15, -0.1) is 0 Å². The molecule has 28 heavy (non-hydrogen) atoms. The molecule has 4 rings (SSSR count). The summed E-state index contributed by atoms with van der Waals surface area (Å²) in [6, 6.07) is 6.05. The van der Waals surface area contributed by atoms with E-state index in [0.29, 0.717) is 23.7 Å². The van der Waals surface area contributed by atoms with Crippen LogP contribution in [0.2, 0.25) is 0 Å². The zero-order valence-electron chi connectivity index (χ0n) is 17.2. The van der Waals surface area contributed by atoms with E-state index in [9.17, 15) is 9.59 Å². The molecule has 0 spiro atoms. The minimum atomic E-state index is -0.169. The van der Waals surface area contributed by atoms with Gasteiger partial charge in [-0.1, -0.05) is 25.1 Å². The topological polar surface area (TPSA) is 49.9 Å². The highest BCUT2D eigenvalue weighted by Gasteiger charge is 2.43. The first-order chi connectivity index (χ1) is 13.5. The van der Waals surface area contributed by atoms with Crippen LogP contribution in [-0.4, -0.2) is 54.0 Å². The molecule has 2 amide bonds. The second-order valence-electron chi connectivity index (χ2n) is 8.55. The fourth-order valence-corrected chi connectivity index (χ4v) is 4.40. The number of carbonyl (C=O) groups is 2. The van der Waals surface area contributed by atoms with Crippen LogP contribution >= 0.6 is 0 Å². The molecular weight excluding hydrogens is 352 g/mol. The number of nitrogens with zero attached hydrogens (tertiary/aromatic N) is 2. The molecule has 1 aromatic carbocycles. The van der Waals surface area contributed by atoms with Crippen molar-refractivity contribution in [3.63, 3.8) is 0 Å². The Morgan fingerprint density at radius 2 is 1.79 bits per heavy atom. The zero-order valence-corrected chi connectivity index (χ0v) is 17.2. The largest absolute Gasteiger partial charge is 0.376 e. The molecule has 0 aromatic heterocycles. The predicted molar refractivity (Wildman–Crippen MR) is 109 cm³/mol. The molecule has 1 unspecified atom stereocenters.